The van der Waals surface area contributed by atoms with Crippen LogP contribution in [0.3, 0.4) is 0 Å². The summed E-state index contributed by atoms with van der Waals surface area (Å²) < 4.78 is 2.63. The highest BCUT2D eigenvalue weighted by molar-refractivity contribution is 7.25. The largest absolute Gasteiger partial charge is 0.310 e. The van der Waals surface area contributed by atoms with Crippen LogP contribution in [0.25, 0.3) is 86.6 Å². The number of rotatable bonds is 3. The normalized spacial score (nSPS) is 12.2. The summed E-state index contributed by atoms with van der Waals surface area (Å²) >= 11 is 1.87. The molecule has 0 spiro atoms. The molecule has 48 heavy (non-hydrogen) atoms. The quantitative estimate of drug-likeness (QED) is 0.189. The van der Waals surface area contributed by atoms with E-state index in [9.17, 15) is 0 Å². The lowest BCUT2D eigenvalue weighted by atomic mass is 9.83. The molecule has 2 heteroatoms. The molecule has 0 unspecified atom stereocenters. The van der Waals surface area contributed by atoms with E-state index < -0.39 is 0 Å². The Morgan fingerprint density at radius 2 is 0.875 bits per heavy atom. The number of anilines is 3. The van der Waals surface area contributed by atoms with Crippen molar-refractivity contribution in [1.82, 2.24) is 0 Å². The fourth-order valence-electron chi connectivity index (χ4n) is 8.32. The molecule has 0 amide bonds. The van der Waals surface area contributed by atoms with Gasteiger partial charge in [0.2, 0.25) is 0 Å². The van der Waals surface area contributed by atoms with Gasteiger partial charge in [-0.2, -0.15) is 0 Å². The van der Waals surface area contributed by atoms with Crippen LogP contribution in [0.1, 0.15) is 0 Å². The molecule has 0 atom stereocenters. The predicted octanol–water partition coefficient (Wildman–Crippen LogP) is 13.6. The molecule has 8 aromatic carbocycles. The van der Waals surface area contributed by atoms with E-state index in [1.807, 2.05) is 11.3 Å². The molecule has 1 aromatic heterocycles. The van der Waals surface area contributed by atoms with Crippen molar-refractivity contribution in [3.63, 3.8) is 0 Å². The highest BCUT2D eigenvalue weighted by Gasteiger charge is 2.31. The Labute approximate surface area is 282 Å². The molecule has 0 saturated heterocycles. The van der Waals surface area contributed by atoms with Crippen LogP contribution in [0, 0.1) is 0 Å². The summed E-state index contributed by atoms with van der Waals surface area (Å²) in [5, 5.41) is 5.07. The Hall–Kier alpha value is -5.96. The maximum Gasteiger partial charge on any atom is 0.0540 e. The van der Waals surface area contributed by atoms with E-state index in [0.29, 0.717) is 0 Å². The molecule has 6 bridgehead atoms. The third kappa shape index (κ3) is 3.55. The molecular formula is C46H27NS. The van der Waals surface area contributed by atoms with Crippen molar-refractivity contribution < 1.29 is 0 Å². The molecule has 0 saturated carbocycles. The van der Waals surface area contributed by atoms with Crippen LogP contribution in [0.2, 0.25) is 0 Å². The van der Waals surface area contributed by atoms with Crippen molar-refractivity contribution in [2.75, 3.05) is 4.90 Å². The average molecular weight is 626 g/mol. The molecule has 0 N–H and O–H groups in total. The van der Waals surface area contributed by atoms with Crippen LogP contribution in [-0.4, -0.2) is 0 Å². The Bertz CT molecular complexity index is 2770. The van der Waals surface area contributed by atoms with Crippen molar-refractivity contribution in [1.29, 1.82) is 0 Å². The average Bonchev–Trinajstić information content (AvgIpc) is 3.47. The van der Waals surface area contributed by atoms with Crippen LogP contribution >= 0.6 is 11.3 Å². The molecule has 1 heterocycles. The summed E-state index contributed by atoms with van der Waals surface area (Å²) in [6.07, 6.45) is 0. The lowest BCUT2D eigenvalue weighted by Gasteiger charge is -2.29. The number of hydrogen-bond acceptors (Lipinski definition) is 2. The molecule has 0 aliphatic heterocycles. The van der Waals surface area contributed by atoms with Gasteiger partial charge in [0, 0.05) is 36.9 Å². The van der Waals surface area contributed by atoms with Crippen LogP contribution in [0.15, 0.2) is 164 Å². The SMILES string of the molecule is c1ccc2c(c1)-c1cccc3c1-c1cc(N(c4ccc5sc6ccccc6c5c4)c4cccc5ccccc45)ccc1-c1cccc-3c1-2. The van der Waals surface area contributed by atoms with E-state index in [-0.39, 0.29) is 0 Å². The van der Waals surface area contributed by atoms with Crippen molar-refractivity contribution in [3.8, 4) is 55.6 Å². The first-order valence-corrected chi connectivity index (χ1v) is 17.3. The lowest BCUT2D eigenvalue weighted by molar-refractivity contribution is 1.30. The van der Waals surface area contributed by atoms with Crippen molar-refractivity contribution in [2.45, 2.75) is 0 Å². The van der Waals surface area contributed by atoms with E-state index in [1.54, 1.807) is 0 Å². The number of benzene rings is 8. The zero-order chi connectivity index (χ0) is 31.3. The molecule has 11 rings (SSSR count). The molecule has 2 aliphatic carbocycles. The summed E-state index contributed by atoms with van der Waals surface area (Å²) in [6.45, 7) is 0. The Morgan fingerprint density at radius 1 is 0.333 bits per heavy atom. The molecule has 0 radical (unpaired) electrons. The number of nitrogens with zero attached hydrogens (tertiary/aromatic N) is 1. The molecule has 0 fully saturated rings. The van der Waals surface area contributed by atoms with Crippen molar-refractivity contribution in [2.24, 2.45) is 0 Å². The fraction of sp³-hybridized carbons (Fsp3) is 0. The zero-order valence-corrected chi connectivity index (χ0v) is 26.8. The standard InChI is InChI=1S/C46H27NS/c1-2-12-31-28(10-1)11-7-20-42(31)47(30-23-25-44-40(26-30)34-14-5-6-21-43(34)48-44)29-22-24-33-37-17-9-18-38-39-19-8-16-36(46(39)41(33)27-29)32-13-3-4-15-35(32)45(37)38/h1-27H. The smallest absolute Gasteiger partial charge is 0.0540 e. The number of hydrogen-bond donors (Lipinski definition) is 0. The van der Waals surface area contributed by atoms with Gasteiger partial charge in [-0.05, 0) is 103 Å². The van der Waals surface area contributed by atoms with E-state index >= 15 is 0 Å². The van der Waals surface area contributed by atoms with E-state index in [0.717, 1.165) is 11.4 Å². The Balaban J connectivity index is 1.22. The molecule has 9 aromatic rings. The minimum absolute atomic E-state index is 1.15. The van der Waals surface area contributed by atoms with Gasteiger partial charge in [-0.3, -0.25) is 0 Å². The van der Waals surface area contributed by atoms with Gasteiger partial charge in [-0.25, -0.2) is 0 Å². The number of fused-ring (bicyclic) bond motifs is 8. The third-order valence-corrected chi connectivity index (χ3v) is 11.5. The minimum atomic E-state index is 1.15. The van der Waals surface area contributed by atoms with Crippen molar-refractivity contribution >= 4 is 59.3 Å². The van der Waals surface area contributed by atoms with Crippen LogP contribution < -0.4 is 4.90 Å². The molecule has 222 valence electrons. The second-order valence-corrected chi connectivity index (χ2v) is 13.9. The molecular weight excluding hydrogens is 599 g/mol. The first kappa shape index (κ1) is 26.1. The van der Waals surface area contributed by atoms with E-state index in [1.165, 1.54) is 92.3 Å². The van der Waals surface area contributed by atoms with E-state index in [4.69, 9.17) is 0 Å². The Kier molecular flexibility index (Phi) is 5.32. The van der Waals surface area contributed by atoms with Gasteiger partial charge in [-0.1, -0.05) is 121 Å². The second kappa shape index (κ2) is 9.78. The van der Waals surface area contributed by atoms with Gasteiger partial charge in [0.05, 0.1) is 5.69 Å². The van der Waals surface area contributed by atoms with Gasteiger partial charge in [0.1, 0.15) is 0 Å². The van der Waals surface area contributed by atoms with Crippen molar-refractivity contribution in [3.05, 3.63) is 164 Å². The second-order valence-electron chi connectivity index (χ2n) is 12.8. The summed E-state index contributed by atoms with van der Waals surface area (Å²) in [5.74, 6) is 0. The zero-order valence-electron chi connectivity index (χ0n) is 25.9. The van der Waals surface area contributed by atoms with Gasteiger partial charge in [-0.15, -0.1) is 11.3 Å². The van der Waals surface area contributed by atoms with Crippen LogP contribution in [0.4, 0.5) is 17.1 Å². The number of thiophene rings is 1. The minimum Gasteiger partial charge on any atom is -0.310 e. The first-order chi connectivity index (χ1) is 23.8. The monoisotopic (exact) mass is 625 g/mol. The fourth-order valence-corrected chi connectivity index (χ4v) is 9.40. The van der Waals surface area contributed by atoms with Gasteiger partial charge < -0.3 is 4.90 Å². The third-order valence-electron chi connectivity index (χ3n) is 10.4. The Morgan fingerprint density at radius 3 is 1.71 bits per heavy atom. The molecule has 2 aliphatic rings. The van der Waals surface area contributed by atoms with Gasteiger partial charge in [0.25, 0.3) is 0 Å². The lowest BCUT2D eigenvalue weighted by Crippen LogP contribution is -2.11. The van der Waals surface area contributed by atoms with Gasteiger partial charge in [0.15, 0.2) is 0 Å². The first-order valence-electron chi connectivity index (χ1n) is 16.5. The predicted molar refractivity (Wildman–Crippen MR) is 206 cm³/mol. The summed E-state index contributed by atoms with van der Waals surface area (Å²) in [7, 11) is 0. The maximum absolute atomic E-state index is 2.47. The highest BCUT2D eigenvalue weighted by atomic mass is 32.1. The summed E-state index contributed by atoms with van der Waals surface area (Å²) in [5.41, 5.74) is 16.5. The summed E-state index contributed by atoms with van der Waals surface area (Å²) in [4.78, 5) is 2.47. The highest BCUT2D eigenvalue weighted by Crippen LogP contribution is 2.58. The van der Waals surface area contributed by atoms with E-state index in [2.05, 4.69) is 169 Å². The van der Waals surface area contributed by atoms with Gasteiger partial charge >= 0.3 is 0 Å². The van der Waals surface area contributed by atoms with Crippen LogP contribution in [0.5, 0.6) is 0 Å². The molecule has 1 nitrogen and oxygen atoms in total. The van der Waals surface area contributed by atoms with Crippen LogP contribution in [-0.2, 0) is 0 Å². The topological polar surface area (TPSA) is 3.24 Å². The summed E-state index contributed by atoms with van der Waals surface area (Å²) in [6, 6.07) is 60.9. The maximum atomic E-state index is 2.47.